The second-order valence-corrected chi connectivity index (χ2v) is 6.25. The normalized spacial score (nSPS) is 23.8. The van der Waals surface area contributed by atoms with E-state index in [1.165, 1.54) is 59.2 Å². The van der Waals surface area contributed by atoms with Gasteiger partial charge in [-0.05, 0) is 59.2 Å². The molecule has 0 saturated heterocycles. The van der Waals surface area contributed by atoms with Crippen molar-refractivity contribution in [2.24, 2.45) is 0 Å². The van der Waals surface area contributed by atoms with E-state index in [-0.39, 0.29) is 66.4 Å². The Labute approximate surface area is 193 Å². The van der Waals surface area contributed by atoms with E-state index in [4.69, 9.17) is 0 Å². The first-order valence-corrected chi connectivity index (χ1v) is 7.50. The summed E-state index contributed by atoms with van der Waals surface area (Å²) in [6, 6.07) is 0. The molecule has 0 nitrogen and oxygen atoms in total. The Morgan fingerprint density at radius 1 is 0.292 bits per heavy atom. The van der Waals surface area contributed by atoms with Crippen LogP contribution in [0.25, 0.3) is 0 Å². The van der Waals surface area contributed by atoms with Crippen molar-refractivity contribution in [3.8, 4) is 0 Å². The van der Waals surface area contributed by atoms with Crippen LogP contribution >= 0.6 is 0 Å². The van der Waals surface area contributed by atoms with Crippen molar-refractivity contribution in [2.45, 2.75) is 69.2 Å². The van der Waals surface area contributed by atoms with Gasteiger partial charge in [-0.2, -0.15) is 0 Å². The fraction of sp³-hybridized carbons (Fsp3) is 0.455. The van der Waals surface area contributed by atoms with Gasteiger partial charge in [0.05, 0.1) is 0 Å². The van der Waals surface area contributed by atoms with E-state index in [0.29, 0.717) is 0 Å². The Hall–Kier alpha value is 1.70. The second-order valence-electron chi connectivity index (χ2n) is 6.25. The van der Waals surface area contributed by atoms with Crippen molar-refractivity contribution in [3.63, 3.8) is 0 Å². The molecule has 2 rings (SSSR count). The molecule has 0 spiro atoms. The Morgan fingerprint density at radius 2 is 0.333 bits per heavy atom. The topological polar surface area (TPSA) is 0 Å². The molecule has 0 heterocycles. The van der Waals surface area contributed by atoms with Crippen LogP contribution in [0.2, 0.25) is 0 Å². The Balaban J connectivity index is -0.000000143. The fourth-order valence-electron chi connectivity index (χ4n) is 2.81. The molecule has 2 aliphatic rings. The van der Waals surface area contributed by atoms with E-state index in [1.54, 1.807) is 0 Å². The van der Waals surface area contributed by atoms with Gasteiger partial charge in [-0.25, -0.2) is 0 Å². The zero-order chi connectivity index (χ0) is 15.8. The largest absolute Gasteiger partial charge is 1.00 e. The smallest absolute Gasteiger partial charge is 0.358 e. The van der Waals surface area contributed by atoms with Crippen molar-refractivity contribution >= 4 is 0 Å². The number of hydrogen-bond donors (Lipinski definition) is 0. The summed E-state index contributed by atoms with van der Waals surface area (Å²) in [6.07, 6.45) is 0. The van der Waals surface area contributed by atoms with Crippen molar-refractivity contribution in [2.75, 3.05) is 0 Å². The monoisotopic (exact) mass is 396 g/mol. The SMILES string of the molecule is C[C]1[C](C)[C](C)[C](C)[C]1C.C[C]1[C](C)[C](C)[C](C)[C]1C.[CH3-].[CH3-].[Li+].[Y]. The molecule has 0 atom stereocenters. The molecule has 11 radical (unpaired) electrons. The molecule has 0 N–H and O–H groups in total. The molecule has 0 bridgehead atoms. The number of hydrogen-bond acceptors (Lipinski definition) is 0. The maximum atomic E-state index is 2.20. The van der Waals surface area contributed by atoms with Crippen molar-refractivity contribution < 1.29 is 51.6 Å². The molecule has 0 aromatic heterocycles. The molecule has 0 aliphatic heterocycles. The van der Waals surface area contributed by atoms with Crippen LogP contribution in [0.1, 0.15) is 69.2 Å². The van der Waals surface area contributed by atoms with Crippen LogP contribution in [0.15, 0.2) is 0 Å². The van der Waals surface area contributed by atoms with Gasteiger partial charge in [-0.15, -0.1) is 0 Å². The molecule has 24 heavy (non-hydrogen) atoms. The molecule has 0 aromatic rings. The summed E-state index contributed by atoms with van der Waals surface area (Å²) in [4.78, 5) is 0. The van der Waals surface area contributed by atoms with Gasteiger partial charge in [-0.1, -0.05) is 69.2 Å². The summed E-state index contributed by atoms with van der Waals surface area (Å²) >= 11 is 0. The van der Waals surface area contributed by atoms with Crippen molar-refractivity contribution in [3.05, 3.63) is 74.0 Å². The van der Waals surface area contributed by atoms with Gasteiger partial charge in [0, 0.05) is 32.7 Å². The standard InChI is InChI=1S/2C10H15.2CH3.Li.Y/c2*1-6-7(2)9(4)10(5)8(6)3;;;;/h2*1-5H3;2*1H3;;/q;;2*-1;+1;. The Bertz CT molecular complexity index is 187. The molecule has 0 amide bonds. The van der Waals surface area contributed by atoms with E-state index in [9.17, 15) is 0 Å². The first kappa shape index (κ1) is 33.3. The minimum absolute atomic E-state index is 0. The maximum Gasteiger partial charge on any atom is 1.00 e. The third-order valence-corrected chi connectivity index (χ3v) is 5.62. The van der Waals surface area contributed by atoms with Gasteiger partial charge < -0.3 is 14.9 Å². The summed E-state index contributed by atoms with van der Waals surface area (Å²) in [6.45, 7) is 22.0. The molecule has 129 valence electrons. The first-order valence-electron chi connectivity index (χ1n) is 7.50. The van der Waals surface area contributed by atoms with Crippen LogP contribution in [0.3, 0.4) is 0 Å². The van der Waals surface area contributed by atoms with Crippen LogP contribution in [-0.2, 0) is 32.7 Å². The van der Waals surface area contributed by atoms with Crippen LogP contribution in [0, 0.1) is 74.0 Å². The molecule has 0 unspecified atom stereocenters. The van der Waals surface area contributed by atoms with E-state index >= 15 is 0 Å². The average molecular weight is 396 g/mol. The van der Waals surface area contributed by atoms with E-state index in [1.807, 2.05) is 0 Å². The molecule has 2 aliphatic carbocycles. The Kier molecular flexibility index (Phi) is 19.2. The molecule has 0 aromatic carbocycles. The third-order valence-electron chi connectivity index (χ3n) is 5.62. The van der Waals surface area contributed by atoms with Gasteiger partial charge in [0.25, 0.3) is 0 Å². The van der Waals surface area contributed by atoms with Crippen LogP contribution < -0.4 is 18.9 Å². The van der Waals surface area contributed by atoms with Gasteiger partial charge in [0.2, 0.25) is 0 Å². The minimum Gasteiger partial charge on any atom is -0.358 e. The molecular formula is C22H36LiY-. The molecule has 2 fully saturated rings. The van der Waals surface area contributed by atoms with Crippen LogP contribution in [0.4, 0.5) is 0 Å². The fourth-order valence-corrected chi connectivity index (χ4v) is 2.81. The summed E-state index contributed by atoms with van der Waals surface area (Å²) in [5.74, 6) is 14.7. The van der Waals surface area contributed by atoms with Crippen molar-refractivity contribution in [1.82, 2.24) is 0 Å². The molecule has 2 saturated carbocycles. The van der Waals surface area contributed by atoms with Gasteiger partial charge in [0.1, 0.15) is 0 Å². The van der Waals surface area contributed by atoms with E-state index in [0.717, 1.165) is 0 Å². The van der Waals surface area contributed by atoms with Crippen molar-refractivity contribution in [1.29, 1.82) is 0 Å². The second kappa shape index (κ2) is 13.8. The predicted octanol–water partition coefficient (Wildman–Crippen LogP) is 3.85. The number of rotatable bonds is 0. The van der Waals surface area contributed by atoms with Gasteiger partial charge in [0.15, 0.2) is 0 Å². The summed E-state index contributed by atoms with van der Waals surface area (Å²) in [5.41, 5.74) is 0. The summed E-state index contributed by atoms with van der Waals surface area (Å²) in [7, 11) is 0. The zero-order valence-corrected chi connectivity index (χ0v) is 21.4. The maximum absolute atomic E-state index is 2.20. The first-order chi connectivity index (χ1) is 9.11. The van der Waals surface area contributed by atoms with E-state index in [2.05, 4.69) is 69.2 Å². The van der Waals surface area contributed by atoms with E-state index < -0.39 is 0 Å². The quantitative estimate of drug-likeness (QED) is 0.431. The van der Waals surface area contributed by atoms with Crippen LogP contribution in [0.5, 0.6) is 0 Å². The summed E-state index contributed by atoms with van der Waals surface area (Å²) in [5, 5.41) is 0. The molecular weight excluding hydrogens is 360 g/mol. The van der Waals surface area contributed by atoms with Crippen LogP contribution in [-0.4, -0.2) is 0 Å². The third kappa shape index (κ3) is 7.02. The predicted molar refractivity (Wildman–Crippen MR) is 102 cm³/mol. The minimum atomic E-state index is 0. The van der Waals surface area contributed by atoms with Gasteiger partial charge >= 0.3 is 18.9 Å². The molecule has 2 heteroatoms. The Morgan fingerprint density at radius 3 is 0.375 bits per heavy atom. The van der Waals surface area contributed by atoms with Gasteiger partial charge in [-0.3, -0.25) is 0 Å². The zero-order valence-electron chi connectivity index (χ0n) is 18.6. The summed E-state index contributed by atoms with van der Waals surface area (Å²) < 4.78 is 0. The average Bonchev–Trinajstić information content (AvgIpc) is 2.71.